The van der Waals surface area contributed by atoms with Gasteiger partial charge in [-0.1, -0.05) is 18.2 Å². The molecule has 0 radical (unpaired) electrons. The molecule has 3 aromatic rings. The lowest BCUT2D eigenvalue weighted by atomic mass is 10.0. The van der Waals surface area contributed by atoms with E-state index in [4.69, 9.17) is 14.5 Å². The molecule has 2 aromatic carbocycles. The number of nitrogens with one attached hydrogen (secondary N) is 1. The standard InChI is InChI=1S/C22H22N2O3S/c1-13-8-15-10-16(11-23-21(25)14-6-7-26-12-14)27-20(15)17(9-13)22-24-18-4-2-3-5-19(18)28-22/h2-5,8-9,14,16H,6-7,10-12H2,1H3,(H,23,25)/t14-,16+/m1/s1. The maximum Gasteiger partial charge on any atom is 0.225 e. The molecule has 0 spiro atoms. The third-order valence-corrected chi connectivity index (χ3v) is 6.44. The van der Waals surface area contributed by atoms with E-state index in [1.54, 1.807) is 11.3 Å². The first-order chi connectivity index (χ1) is 13.7. The van der Waals surface area contributed by atoms with Crippen LogP contribution in [0.5, 0.6) is 5.75 Å². The first-order valence-electron chi connectivity index (χ1n) is 9.69. The predicted octanol–water partition coefficient (Wildman–Crippen LogP) is 3.73. The molecule has 1 amide bonds. The lowest BCUT2D eigenvalue weighted by Crippen LogP contribution is -2.38. The average molecular weight is 394 g/mol. The van der Waals surface area contributed by atoms with Crippen molar-refractivity contribution in [1.29, 1.82) is 0 Å². The molecule has 0 aliphatic carbocycles. The van der Waals surface area contributed by atoms with Crippen LogP contribution in [0, 0.1) is 12.8 Å². The summed E-state index contributed by atoms with van der Waals surface area (Å²) in [6.07, 6.45) is 1.56. The maximum atomic E-state index is 12.3. The van der Waals surface area contributed by atoms with E-state index in [0.29, 0.717) is 19.8 Å². The van der Waals surface area contributed by atoms with Crippen LogP contribution in [0.2, 0.25) is 0 Å². The number of thiazole rings is 1. The highest BCUT2D eigenvalue weighted by Crippen LogP contribution is 2.42. The average Bonchev–Trinajstić information content (AvgIpc) is 3.43. The van der Waals surface area contributed by atoms with Crippen LogP contribution in [0.15, 0.2) is 36.4 Å². The summed E-state index contributed by atoms with van der Waals surface area (Å²) in [4.78, 5) is 17.1. The van der Waals surface area contributed by atoms with Gasteiger partial charge in [0.1, 0.15) is 16.9 Å². The Kier molecular flexibility index (Phi) is 4.53. The molecule has 1 N–H and O–H groups in total. The predicted molar refractivity (Wildman–Crippen MR) is 110 cm³/mol. The zero-order valence-electron chi connectivity index (χ0n) is 15.7. The summed E-state index contributed by atoms with van der Waals surface area (Å²) in [6.45, 7) is 3.82. The lowest BCUT2D eigenvalue weighted by Gasteiger charge is -2.14. The van der Waals surface area contributed by atoms with Crippen molar-refractivity contribution in [3.05, 3.63) is 47.5 Å². The molecular weight excluding hydrogens is 372 g/mol. The van der Waals surface area contributed by atoms with Gasteiger partial charge in [0, 0.05) is 13.0 Å². The van der Waals surface area contributed by atoms with Gasteiger partial charge in [-0.05, 0) is 42.7 Å². The van der Waals surface area contributed by atoms with E-state index in [-0.39, 0.29) is 17.9 Å². The summed E-state index contributed by atoms with van der Waals surface area (Å²) in [6, 6.07) is 12.5. The molecule has 0 bridgehead atoms. The Balaban J connectivity index is 1.36. The van der Waals surface area contributed by atoms with Crippen LogP contribution < -0.4 is 10.1 Å². The second-order valence-electron chi connectivity index (χ2n) is 7.54. The second kappa shape index (κ2) is 7.18. The van der Waals surface area contributed by atoms with Crippen molar-refractivity contribution in [3.63, 3.8) is 0 Å². The van der Waals surface area contributed by atoms with Gasteiger partial charge in [-0.25, -0.2) is 4.98 Å². The molecule has 2 atom stereocenters. The number of aromatic nitrogens is 1. The highest BCUT2D eigenvalue weighted by molar-refractivity contribution is 7.21. The van der Waals surface area contributed by atoms with Gasteiger partial charge in [0.05, 0.1) is 34.8 Å². The van der Waals surface area contributed by atoms with Crippen molar-refractivity contribution < 1.29 is 14.3 Å². The molecule has 5 nitrogen and oxygen atoms in total. The Morgan fingerprint density at radius 3 is 3.04 bits per heavy atom. The van der Waals surface area contributed by atoms with Crippen molar-refractivity contribution in [2.45, 2.75) is 25.9 Å². The number of hydrogen-bond acceptors (Lipinski definition) is 5. The van der Waals surface area contributed by atoms with Gasteiger partial charge in [0.15, 0.2) is 0 Å². The van der Waals surface area contributed by atoms with E-state index in [2.05, 4.69) is 30.4 Å². The first kappa shape index (κ1) is 17.6. The second-order valence-corrected chi connectivity index (χ2v) is 8.57. The molecule has 2 aliphatic heterocycles. The number of hydrogen-bond donors (Lipinski definition) is 1. The fourth-order valence-electron chi connectivity index (χ4n) is 3.95. The summed E-state index contributed by atoms with van der Waals surface area (Å²) in [5, 5.41) is 4.02. The molecule has 1 saturated heterocycles. The van der Waals surface area contributed by atoms with Crippen LogP contribution >= 0.6 is 11.3 Å². The van der Waals surface area contributed by atoms with Gasteiger partial charge in [-0.3, -0.25) is 4.79 Å². The van der Waals surface area contributed by atoms with Gasteiger partial charge in [-0.2, -0.15) is 0 Å². The van der Waals surface area contributed by atoms with Crippen LogP contribution in [0.25, 0.3) is 20.8 Å². The SMILES string of the molecule is Cc1cc2c(c(-c3nc4ccccc4s3)c1)O[C@H](CNC(=O)[C@@H]1CCOC1)C2. The molecule has 0 saturated carbocycles. The van der Waals surface area contributed by atoms with Crippen molar-refractivity contribution in [3.8, 4) is 16.3 Å². The Morgan fingerprint density at radius 1 is 1.32 bits per heavy atom. The molecule has 1 fully saturated rings. The van der Waals surface area contributed by atoms with Crippen LogP contribution in [-0.4, -0.2) is 36.8 Å². The summed E-state index contributed by atoms with van der Waals surface area (Å²) in [5.74, 6) is 0.956. The van der Waals surface area contributed by atoms with Crippen molar-refractivity contribution in [1.82, 2.24) is 10.3 Å². The summed E-state index contributed by atoms with van der Waals surface area (Å²) in [5.41, 5.74) is 4.45. The number of ether oxygens (including phenoxy) is 2. The Hall–Kier alpha value is -2.44. The molecule has 144 valence electrons. The van der Waals surface area contributed by atoms with Crippen molar-refractivity contribution >= 4 is 27.5 Å². The largest absolute Gasteiger partial charge is 0.487 e. The molecule has 0 unspecified atom stereocenters. The van der Waals surface area contributed by atoms with Gasteiger partial charge in [0.25, 0.3) is 0 Å². The highest BCUT2D eigenvalue weighted by atomic mass is 32.1. The van der Waals surface area contributed by atoms with E-state index >= 15 is 0 Å². The number of nitrogens with zero attached hydrogens (tertiary/aromatic N) is 1. The van der Waals surface area contributed by atoms with E-state index in [9.17, 15) is 4.79 Å². The minimum absolute atomic E-state index is 0.0238. The quantitative estimate of drug-likeness (QED) is 0.733. The van der Waals surface area contributed by atoms with Crippen LogP contribution in [0.1, 0.15) is 17.5 Å². The first-order valence-corrected chi connectivity index (χ1v) is 10.5. The number of rotatable bonds is 4. The monoisotopic (exact) mass is 394 g/mol. The molecule has 2 aliphatic rings. The summed E-state index contributed by atoms with van der Waals surface area (Å²) in [7, 11) is 0. The van der Waals surface area contributed by atoms with E-state index in [1.165, 1.54) is 15.8 Å². The normalized spacial score (nSPS) is 20.9. The Morgan fingerprint density at radius 2 is 2.21 bits per heavy atom. The number of benzene rings is 2. The molecule has 5 rings (SSSR count). The van der Waals surface area contributed by atoms with Gasteiger partial charge in [-0.15, -0.1) is 11.3 Å². The third-order valence-electron chi connectivity index (χ3n) is 5.37. The fourth-order valence-corrected chi connectivity index (χ4v) is 4.93. The topological polar surface area (TPSA) is 60.5 Å². The minimum Gasteiger partial charge on any atom is -0.487 e. The van der Waals surface area contributed by atoms with Gasteiger partial charge in [0.2, 0.25) is 5.91 Å². The van der Waals surface area contributed by atoms with Gasteiger partial charge < -0.3 is 14.8 Å². The van der Waals surface area contributed by atoms with Crippen LogP contribution in [-0.2, 0) is 16.0 Å². The van der Waals surface area contributed by atoms with E-state index in [1.807, 2.05) is 18.2 Å². The molecular formula is C22H22N2O3S. The molecule has 1 aromatic heterocycles. The highest BCUT2D eigenvalue weighted by Gasteiger charge is 2.29. The Bertz CT molecular complexity index is 1010. The molecule has 6 heteroatoms. The van der Waals surface area contributed by atoms with Crippen molar-refractivity contribution in [2.24, 2.45) is 5.92 Å². The number of aryl methyl sites for hydroxylation is 1. The minimum atomic E-state index is -0.0452. The zero-order valence-corrected chi connectivity index (χ0v) is 16.6. The molecule has 28 heavy (non-hydrogen) atoms. The number of para-hydroxylation sites is 1. The lowest BCUT2D eigenvalue weighted by molar-refractivity contribution is -0.125. The fraction of sp³-hybridized carbons (Fsp3) is 0.364. The van der Waals surface area contributed by atoms with Crippen molar-refractivity contribution in [2.75, 3.05) is 19.8 Å². The third kappa shape index (κ3) is 3.27. The van der Waals surface area contributed by atoms with E-state index < -0.39 is 0 Å². The maximum absolute atomic E-state index is 12.3. The van der Waals surface area contributed by atoms with Gasteiger partial charge >= 0.3 is 0 Å². The number of amides is 1. The van der Waals surface area contributed by atoms with E-state index in [0.717, 1.165) is 34.7 Å². The number of carbonyl (C=O) groups excluding carboxylic acids is 1. The van der Waals surface area contributed by atoms with Crippen LogP contribution in [0.4, 0.5) is 0 Å². The smallest absolute Gasteiger partial charge is 0.225 e. The summed E-state index contributed by atoms with van der Waals surface area (Å²) >= 11 is 1.69. The zero-order chi connectivity index (χ0) is 19.1. The van der Waals surface area contributed by atoms with Crippen LogP contribution in [0.3, 0.4) is 0 Å². The Labute approximate surface area is 167 Å². The molecule has 3 heterocycles. The number of carbonyl (C=O) groups is 1. The number of fused-ring (bicyclic) bond motifs is 2. The summed E-state index contributed by atoms with van der Waals surface area (Å²) < 4.78 is 12.8.